The Balaban J connectivity index is 1.54. The van der Waals surface area contributed by atoms with Gasteiger partial charge in [-0.05, 0) is 55.7 Å². The molecule has 4 rings (SSSR count). The Morgan fingerprint density at radius 2 is 1.87 bits per heavy atom. The van der Waals surface area contributed by atoms with Crippen LogP contribution in [0.4, 0.5) is 21.5 Å². The van der Waals surface area contributed by atoms with Crippen molar-refractivity contribution in [2.45, 2.75) is 26.2 Å². The highest BCUT2D eigenvalue weighted by Crippen LogP contribution is 2.32. The SMILES string of the molecule is Cc1ccc(N2CC(C(=O)Nc3cc(C(N)=O)ccc3N3CCCC3)CC2=O)cc1F. The number of halogens is 1. The number of nitrogens with zero attached hydrogens (tertiary/aromatic N) is 2. The monoisotopic (exact) mass is 424 g/mol. The predicted octanol–water partition coefficient (Wildman–Crippen LogP) is 2.82. The summed E-state index contributed by atoms with van der Waals surface area (Å²) in [7, 11) is 0. The van der Waals surface area contributed by atoms with Gasteiger partial charge in [0.25, 0.3) is 0 Å². The molecule has 1 atom stereocenters. The first-order chi connectivity index (χ1) is 14.8. The minimum Gasteiger partial charge on any atom is -0.370 e. The molecule has 0 aliphatic carbocycles. The summed E-state index contributed by atoms with van der Waals surface area (Å²) in [6.07, 6.45) is 2.16. The van der Waals surface area contributed by atoms with Gasteiger partial charge in [0, 0.05) is 37.3 Å². The van der Waals surface area contributed by atoms with E-state index in [0.29, 0.717) is 22.5 Å². The van der Waals surface area contributed by atoms with E-state index in [1.54, 1.807) is 37.3 Å². The third-order valence-electron chi connectivity index (χ3n) is 5.95. The highest BCUT2D eigenvalue weighted by molar-refractivity contribution is 6.05. The van der Waals surface area contributed by atoms with Crippen molar-refractivity contribution < 1.29 is 18.8 Å². The average molecular weight is 424 g/mol. The van der Waals surface area contributed by atoms with Gasteiger partial charge in [-0.25, -0.2) is 4.39 Å². The van der Waals surface area contributed by atoms with E-state index in [2.05, 4.69) is 10.2 Å². The standard InChI is InChI=1S/C23H25FN4O3/c1-14-4-6-17(12-18(14)24)28-13-16(11-21(28)29)23(31)26-19-10-15(22(25)30)5-7-20(19)27-8-2-3-9-27/h4-7,10,12,16H,2-3,8-9,11,13H2,1H3,(H2,25,30)(H,26,31). The number of hydrogen-bond acceptors (Lipinski definition) is 4. The van der Waals surface area contributed by atoms with Crippen LogP contribution in [0.25, 0.3) is 0 Å². The molecule has 2 fully saturated rings. The van der Waals surface area contributed by atoms with Crippen molar-refractivity contribution in [2.75, 3.05) is 34.8 Å². The summed E-state index contributed by atoms with van der Waals surface area (Å²) in [4.78, 5) is 40.7. The minimum atomic E-state index is -0.583. The first-order valence-electron chi connectivity index (χ1n) is 10.4. The summed E-state index contributed by atoms with van der Waals surface area (Å²) in [5.74, 6) is -2.09. The van der Waals surface area contributed by atoms with Crippen LogP contribution in [-0.4, -0.2) is 37.4 Å². The lowest BCUT2D eigenvalue weighted by atomic mass is 10.1. The van der Waals surface area contributed by atoms with E-state index < -0.39 is 17.6 Å². The van der Waals surface area contributed by atoms with Crippen LogP contribution in [0.15, 0.2) is 36.4 Å². The lowest BCUT2D eigenvalue weighted by Crippen LogP contribution is -2.29. The van der Waals surface area contributed by atoms with E-state index in [0.717, 1.165) is 31.6 Å². The summed E-state index contributed by atoms with van der Waals surface area (Å²) in [5.41, 5.74) is 8.00. The molecule has 0 spiro atoms. The first kappa shape index (κ1) is 20.8. The topological polar surface area (TPSA) is 95.7 Å². The molecule has 2 aromatic rings. The molecular weight excluding hydrogens is 399 g/mol. The van der Waals surface area contributed by atoms with Crippen LogP contribution in [0.5, 0.6) is 0 Å². The van der Waals surface area contributed by atoms with Gasteiger partial charge in [-0.1, -0.05) is 6.07 Å². The van der Waals surface area contributed by atoms with Gasteiger partial charge >= 0.3 is 0 Å². The number of primary amides is 1. The summed E-state index contributed by atoms with van der Waals surface area (Å²) >= 11 is 0. The largest absolute Gasteiger partial charge is 0.370 e. The highest BCUT2D eigenvalue weighted by Gasteiger charge is 2.36. The maximum absolute atomic E-state index is 13.9. The second-order valence-electron chi connectivity index (χ2n) is 8.12. The van der Waals surface area contributed by atoms with Crippen molar-refractivity contribution in [1.29, 1.82) is 0 Å². The number of carbonyl (C=O) groups excluding carboxylic acids is 3. The third kappa shape index (κ3) is 4.23. The Bertz CT molecular complexity index is 1050. The van der Waals surface area contributed by atoms with Gasteiger partial charge in [-0.2, -0.15) is 0 Å². The summed E-state index contributed by atoms with van der Waals surface area (Å²) in [6, 6.07) is 9.63. The quantitative estimate of drug-likeness (QED) is 0.772. The fourth-order valence-electron chi connectivity index (χ4n) is 4.14. The lowest BCUT2D eigenvalue weighted by Gasteiger charge is -2.23. The van der Waals surface area contributed by atoms with Crippen molar-refractivity contribution in [3.63, 3.8) is 0 Å². The molecule has 2 heterocycles. The molecule has 7 nitrogen and oxygen atoms in total. The van der Waals surface area contributed by atoms with Crippen LogP contribution in [0.2, 0.25) is 0 Å². The van der Waals surface area contributed by atoms with Crippen molar-refractivity contribution in [3.05, 3.63) is 53.3 Å². The fraction of sp³-hybridized carbons (Fsp3) is 0.348. The van der Waals surface area contributed by atoms with Gasteiger partial charge in [0.05, 0.1) is 17.3 Å². The van der Waals surface area contributed by atoms with Gasteiger partial charge in [0.1, 0.15) is 5.82 Å². The Labute approximate surface area is 180 Å². The normalized spacial score (nSPS) is 18.5. The van der Waals surface area contributed by atoms with Crippen LogP contribution in [0.1, 0.15) is 35.2 Å². The molecule has 2 aromatic carbocycles. The van der Waals surface area contributed by atoms with E-state index in [9.17, 15) is 18.8 Å². The molecule has 2 aliphatic rings. The molecule has 0 bridgehead atoms. The average Bonchev–Trinajstić information content (AvgIpc) is 3.40. The molecule has 31 heavy (non-hydrogen) atoms. The zero-order chi connectivity index (χ0) is 22.1. The van der Waals surface area contributed by atoms with Gasteiger partial charge in [-0.15, -0.1) is 0 Å². The van der Waals surface area contributed by atoms with Crippen molar-refractivity contribution in [1.82, 2.24) is 0 Å². The number of hydrogen-bond donors (Lipinski definition) is 2. The number of anilines is 3. The maximum Gasteiger partial charge on any atom is 0.248 e. The molecule has 0 radical (unpaired) electrons. The number of carbonyl (C=O) groups is 3. The lowest BCUT2D eigenvalue weighted by molar-refractivity contribution is -0.122. The van der Waals surface area contributed by atoms with Crippen LogP contribution in [-0.2, 0) is 9.59 Å². The smallest absolute Gasteiger partial charge is 0.248 e. The molecule has 2 saturated heterocycles. The Hall–Kier alpha value is -3.42. The maximum atomic E-state index is 13.9. The molecule has 3 N–H and O–H groups in total. The summed E-state index contributed by atoms with van der Waals surface area (Å²) in [5, 5.41) is 2.90. The molecule has 0 aromatic heterocycles. The van der Waals surface area contributed by atoms with Crippen LogP contribution in [0.3, 0.4) is 0 Å². The number of nitrogens with two attached hydrogens (primary N) is 1. The van der Waals surface area contributed by atoms with Crippen molar-refractivity contribution >= 4 is 34.8 Å². The zero-order valence-corrected chi connectivity index (χ0v) is 17.4. The van der Waals surface area contributed by atoms with E-state index >= 15 is 0 Å². The molecular formula is C23H25FN4O3. The van der Waals surface area contributed by atoms with E-state index in [1.807, 2.05) is 0 Å². The van der Waals surface area contributed by atoms with Crippen molar-refractivity contribution in [2.24, 2.45) is 11.7 Å². The highest BCUT2D eigenvalue weighted by atomic mass is 19.1. The minimum absolute atomic E-state index is 0.0376. The molecule has 1 unspecified atom stereocenters. The van der Waals surface area contributed by atoms with Crippen LogP contribution < -0.4 is 20.9 Å². The van der Waals surface area contributed by atoms with Crippen molar-refractivity contribution in [3.8, 4) is 0 Å². The zero-order valence-electron chi connectivity index (χ0n) is 17.4. The molecule has 2 aliphatic heterocycles. The summed E-state index contributed by atoms with van der Waals surface area (Å²) < 4.78 is 13.9. The van der Waals surface area contributed by atoms with E-state index in [4.69, 9.17) is 5.73 Å². The number of amides is 3. The molecule has 162 valence electrons. The molecule has 3 amide bonds. The van der Waals surface area contributed by atoms with Gasteiger partial charge in [-0.3, -0.25) is 14.4 Å². The fourth-order valence-corrected chi connectivity index (χ4v) is 4.14. The Morgan fingerprint density at radius 1 is 1.13 bits per heavy atom. The molecule has 0 saturated carbocycles. The van der Waals surface area contributed by atoms with E-state index in [-0.39, 0.29) is 24.8 Å². The third-order valence-corrected chi connectivity index (χ3v) is 5.95. The number of aryl methyl sites for hydroxylation is 1. The van der Waals surface area contributed by atoms with Gasteiger partial charge < -0.3 is 20.9 Å². The summed E-state index contributed by atoms with van der Waals surface area (Å²) in [6.45, 7) is 3.56. The van der Waals surface area contributed by atoms with Crippen LogP contribution in [0, 0.1) is 18.7 Å². The Morgan fingerprint density at radius 3 is 2.55 bits per heavy atom. The van der Waals surface area contributed by atoms with Crippen LogP contribution >= 0.6 is 0 Å². The first-order valence-corrected chi connectivity index (χ1v) is 10.4. The number of benzene rings is 2. The Kier molecular flexibility index (Phi) is 5.63. The second-order valence-corrected chi connectivity index (χ2v) is 8.12. The second kappa shape index (κ2) is 8.37. The van der Waals surface area contributed by atoms with Gasteiger partial charge in [0.15, 0.2) is 0 Å². The molecule has 8 heteroatoms. The number of nitrogens with one attached hydrogen (secondary N) is 1. The van der Waals surface area contributed by atoms with E-state index in [1.165, 1.54) is 11.0 Å². The predicted molar refractivity (Wildman–Crippen MR) is 117 cm³/mol. The van der Waals surface area contributed by atoms with Gasteiger partial charge in [0.2, 0.25) is 17.7 Å². The number of rotatable bonds is 5.